The van der Waals surface area contributed by atoms with Crippen LogP contribution >= 0.6 is 0 Å². The maximum atomic E-state index is 11.5. The van der Waals surface area contributed by atoms with Crippen LogP contribution in [0.3, 0.4) is 0 Å². The Morgan fingerprint density at radius 2 is 2.09 bits per heavy atom. The van der Waals surface area contributed by atoms with Gasteiger partial charge in [-0.3, -0.25) is 4.98 Å². The van der Waals surface area contributed by atoms with E-state index in [0.29, 0.717) is 17.2 Å². The summed E-state index contributed by atoms with van der Waals surface area (Å²) < 4.78 is 0. The number of carboxylic acid groups (broad SMARTS) is 1. The SMILES string of the molecule is O=C(O)c1cccnc1C(Cc1ccccc1)C1CCNC1. The van der Waals surface area contributed by atoms with Gasteiger partial charge in [-0.25, -0.2) is 4.79 Å². The van der Waals surface area contributed by atoms with Crippen molar-refractivity contribution in [3.63, 3.8) is 0 Å². The largest absolute Gasteiger partial charge is 0.478 e. The number of aromatic nitrogens is 1. The molecule has 2 atom stereocenters. The summed E-state index contributed by atoms with van der Waals surface area (Å²) in [5, 5.41) is 12.8. The van der Waals surface area contributed by atoms with E-state index in [1.165, 1.54) is 5.56 Å². The summed E-state index contributed by atoms with van der Waals surface area (Å²) in [5.41, 5.74) is 2.27. The third kappa shape index (κ3) is 3.17. The van der Waals surface area contributed by atoms with Gasteiger partial charge in [0.15, 0.2) is 0 Å². The van der Waals surface area contributed by atoms with Crippen molar-refractivity contribution in [2.75, 3.05) is 13.1 Å². The van der Waals surface area contributed by atoms with E-state index in [1.54, 1.807) is 18.3 Å². The van der Waals surface area contributed by atoms with Crippen molar-refractivity contribution >= 4 is 5.97 Å². The summed E-state index contributed by atoms with van der Waals surface area (Å²) >= 11 is 0. The molecule has 2 heterocycles. The predicted octanol–water partition coefficient (Wildman–Crippen LogP) is 2.72. The van der Waals surface area contributed by atoms with Crippen LogP contribution in [0.15, 0.2) is 48.7 Å². The Kier molecular flexibility index (Phi) is 4.49. The lowest BCUT2D eigenvalue weighted by Gasteiger charge is -2.24. The normalized spacial score (nSPS) is 19.0. The van der Waals surface area contributed by atoms with Crippen LogP contribution in [0.2, 0.25) is 0 Å². The fourth-order valence-corrected chi connectivity index (χ4v) is 3.27. The summed E-state index contributed by atoms with van der Waals surface area (Å²) in [6.07, 6.45) is 3.58. The molecule has 0 saturated carbocycles. The smallest absolute Gasteiger partial charge is 0.337 e. The zero-order valence-corrected chi connectivity index (χ0v) is 12.4. The van der Waals surface area contributed by atoms with E-state index in [1.807, 2.05) is 18.2 Å². The number of hydrogen-bond acceptors (Lipinski definition) is 3. The highest BCUT2D eigenvalue weighted by molar-refractivity contribution is 5.89. The molecule has 2 aromatic rings. The van der Waals surface area contributed by atoms with Crippen LogP contribution in [0.5, 0.6) is 0 Å². The Bertz CT molecular complexity index is 637. The first-order chi connectivity index (χ1) is 10.8. The first-order valence-electron chi connectivity index (χ1n) is 7.68. The molecule has 1 fully saturated rings. The van der Waals surface area contributed by atoms with E-state index in [0.717, 1.165) is 25.9 Å². The fourth-order valence-electron chi connectivity index (χ4n) is 3.27. The van der Waals surface area contributed by atoms with Crippen LogP contribution in [0, 0.1) is 5.92 Å². The minimum absolute atomic E-state index is 0.129. The molecular formula is C18H20N2O2. The zero-order valence-electron chi connectivity index (χ0n) is 12.4. The quantitative estimate of drug-likeness (QED) is 0.890. The molecule has 4 heteroatoms. The van der Waals surface area contributed by atoms with Crippen LogP contribution in [-0.4, -0.2) is 29.1 Å². The molecule has 22 heavy (non-hydrogen) atoms. The number of rotatable bonds is 5. The number of carbonyl (C=O) groups is 1. The van der Waals surface area contributed by atoms with Gasteiger partial charge in [0, 0.05) is 12.1 Å². The number of carboxylic acids is 1. The molecule has 2 N–H and O–H groups in total. The molecule has 2 unspecified atom stereocenters. The highest BCUT2D eigenvalue weighted by Crippen LogP contribution is 2.33. The van der Waals surface area contributed by atoms with E-state index in [9.17, 15) is 9.90 Å². The number of pyridine rings is 1. The maximum Gasteiger partial charge on any atom is 0.337 e. The van der Waals surface area contributed by atoms with Gasteiger partial charge in [0.25, 0.3) is 0 Å². The predicted molar refractivity (Wildman–Crippen MR) is 85.1 cm³/mol. The highest BCUT2D eigenvalue weighted by Gasteiger charge is 2.30. The van der Waals surface area contributed by atoms with Crippen molar-refractivity contribution in [3.8, 4) is 0 Å². The lowest BCUT2D eigenvalue weighted by atomic mass is 9.82. The lowest BCUT2D eigenvalue weighted by molar-refractivity contribution is 0.0694. The van der Waals surface area contributed by atoms with Crippen LogP contribution < -0.4 is 5.32 Å². The summed E-state index contributed by atoms with van der Waals surface area (Å²) in [4.78, 5) is 16.0. The minimum Gasteiger partial charge on any atom is -0.478 e. The summed E-state index contributed by atoms with van der Waals surface area (Å²) in [7, 11) is 0. The highest BCUT2D eigenvalue weighted by atomic mass is 16.4. The lowest BCUT2D eigenvalue weighted by Crippen LogP contribution is -2.22. The maximum absolute atomic E-state index is 11.5. The molecule has 4 nitrogen and oxygen atoms in total. The molecule has 0 bridgehead atoms. The molecule has 3 rings (SSSR count). The van der Waals surface area contributed by atoms with Crippen molar-refractivity contribution < 1.29 is 9.90 Å². The number of benzene rings is 1. The van der Waals surface area contributed by atoms with Crippen LogP contribution in [-0.2, 0) is 6.42 Å². The van der Waals surface area contributed by atoms with Gasteiger partial charge in [-0.15, -0.1) is 0 Å². The Morgan fingerprint density at radius 1 is 1.27 bits per heavy atom. The second-order valence-electron chi connectivity index (χ2n) is 5.79. The van der Waals surface area contributed by atoms with Crippen LogP contribution in [0.1, 0.15) is 34.0 Å². The molecule has 0 spiro atoms. The van der Waals surface area contributed by atoms with Crippen LogP contribution in [0.4, 0.5) is 0 Å². The van der Waals surface area contributed by atoms with E-state index >= 15 is 0 Å². The molecule has 1 aromatic heterocycles. The van der Waals surface area contributed by atoms with Gasteiger partial charge in [-0.05, 0) is 49.5 Å². The fraction of sp³-hybridized carbons (Fsp3) is 0.333. The van der Waals surface area contributed by atoms with Crippen molar-refractivity contribution in [1.29, 1.82) is 0 Å². The molecule has 0 amide bonds. The molecule has 1 aliphatic rings. The third-order valence-corrected chi connectivity index (χ3v) is 4.39. The van der Waals surface area contributed by atoms with E-state index in [-0.39, 0.29) is 5.92 Å². The average Bonchev–Trinajstić information content (AvgIpc) is 3.08. The van der Waals surface area contributed by atoms with Crippen LogP contribution in [0.25, 0.3) is 0 Å². The number of aromatic carboxylic acids is 1. The third-order valence-electron chi connectivity index (χ3n) is 4.39. The Morgan fingerprint density at radius 3 is 2.77 bits per heavy atom. The van der Waals surface area contributed by atoms with Gasteiger partial charge in [-0.1, -0.05) is 30.3 Å². The Labute approximate surface area is 130 Å². The van der Waals surface area contributed by atoms with Gasteiger partial charge in [0.1, 0.15) is 0 Å². The molecule has 0 aliphatic carbocycles. The van der Waals surface area contributed by atoms with Gasteiger partial charge in [-0.2, -0.15) is 0 Å². The first kappa shape index (κ1) is 14.7. The summed E-state index contributed by atoms with van der Waals surface area (Å²) in [6.45, 7) is 1.92. The van der Waals surface area contributed by atoms with Crippen molar-refractivity contribution in [2.24, 2.45) is 5.92 Å². The molecule has 1 aliphatic heterocycles. The number of nitrogens with zero attached hydrogens (tertiary/aromatic N) is 1. The van der Waals surface area contributed by atoms with E-state index < -0.39 is 5.97 Å². The average molecular weight is 296 g/mol. The minimum atomic E-state index is -0.896. The Balaban J connectivity index is 1.96. The molecular weight excluding hydrogens is 276 g/mol. The zero-order chi connectivity index (χ0) is 15.4. The molecule has 0 radical (unpaired) electrons. The summed E-state index contributed by atoms with van der Waals surface area (Å²) in [5.74, 6) is -0.343. The monoisotopic (exact) mass is 296 g/mol. The Hall–Kier alpha value is -2.20. The second-order valence-corrected chi connectivity index (χ2v) is 5.79. The molecule has 1 aromatic carbocycles. The number of hydrogen-bond donors (Lipinski definition) is 2. The van der Waals surface area contributed by atoms with Gasteiger partial charge in [0.05, 0.1) is 11.3 Å². The number of nitrogens with one attached hydrogen (secondary N) is 1. The molecule has 114 valence electrons. The van der Waals surface area contributed by atoms with E-state index in [4.69, 9.17) is 0 Å². The van der Waals surface area contributed by atoms with Gasteiger partial charge < -0.3 is 10.4 Å². The summed E-state index contributed by atoms with van der Waals surface area (Å²) in [6, 6.07) is 13.6. The van der Waals surface area contributed by atoms with E-state index in [2.05, 4.69) is 22.4 Å². The topological polar surface area (TPSA) is 62.2 Å². The second kappa shape index (κ2) is 6.71. The van der Waals surface area contributed by atoms with Crippen molar-refractivity contribution in [3.05, 3.63) is 65.5 Å². The van der Waals surface area contributed by atoms with Gasteiger partial charge in [0.2, 0.25) is 0 Å². The molecule has 1 saturated heterocycles. The van der Waals surface area contributed by atoms with Gasteiger partial charge >= 0.3 is 5.97 Å². The standard InChI is InChI=1S/C18H20N2O2/c21-18(22)15-7-4-9-20-17(15)16(14-8-10-19-12-14)11-13-5-2-1-3-6-13/h1-7,9,14,16,19H,8,10-12H2,(H,21,22). The van der Waals surface area contributed by atoms with Crippen molar-refractivity contribution in [1.82, 2.24) is 10.3 Å². The first-order valence-corrected chi connectivity index (χ1v) is 7.68. The van der Waals surface area contributed by atoms with Crippen molar-refractivity contribution in [2.45, 2.75) is 18.8 Å².